The van der Waals surface area contributed by atoms with Crippen molar-refractivity contribution in [2.75, 3.05) is 14.1 Å². The second-order valence-corrected chi connectivity index (χ2v) is 8.64. The highest BCUT2D eigenvalue weighted by molar-refractivity contribution is 4.52. The molecule has 1 N–H and O–H groups in total. The Bertz CT molecular complexity index is 329. The second kappa shape index (κ2) is 20.8. The molecule has 0 aromatic carbocycles. The minimum atomic E-state index is -1.75. The summed E-state index contributed by atoms with van der Waals surface area (Å²) in [6, 6.07) is 0.358. The number of quaternary nitrogens is 1. The average Bonchev–Trinajstić information content (AvgIpc) is 2.60. The molecule has 6 nitrogen and oxygen atoms in total. The molecule has 0 radical (unpaired) electrons. The van der Waals surface area contributed by atoms with Gasteiger partial charge in [0.05, 0.1) is 19.2 Å². The van der Waals surface area contributed by atoms with Crippen molar-refractivity contribution in [2.24, 2.45) is 0 Å². The zero-order chi connectivity index (χ0) is 21.7. The van der Waals surface area contributed by atoms with Gasteiger partial charge >= 0.3 is 0 Å². The molecule has 0 aromatic heterocycles. The fraction of sp³-hybridized carbons (Fsp3) is 1.00. The number of rotatable bonds is 18. The molecule has 1 atom stereocenters. The first kappa shape index (κ1) is 29.3. The molecular formula is C22H48N2O4. The van der Waals surface area contributed by atoms with E-state index in [0.717, 1.165) is 6.42 Å². The molecule has 6 heteroatoms. The van der Waals surface area contributed by atoms with E-state index in [1.165, 1.54) is 103 Å². The summed E-state index contributed by atoms with van der Waals surface area (Å²) < 4.78 is 0.110. The molecule has 0 saturated carbocycles. The minimum Gasteiger partial charge on any atom is -0.356 e. The molecule has 0 heterocycles. The van der Waals surface area contributed by atoms with Gasteiger partial charge in [0.15, 0.2) is 0 Å². The third kappa shape index (κ3) is 27.3. The fourth-order valence-electron chi connectivity index (χ4n) is 3.30. The van der Waals surface area contributed by atoms with Crippen LogP contribution in [0.15, 0.2) is 0 Å². The van der Waals surface area contributed by atoms with Crippen molar-refractivity contribution in [3.05, 3.63) is 15.3 Å². The van der Waals surface area contributed by atoms with Crippen LogP contribution in [0, 0.1) is 15.3 Å². The van der Waals surface area contributed by atoms with E-state index in [2.05, 4.69) is 13.8 Å². The molecule has 170 valence electrons. The average molecular weight is 405 g/mol. The summed E-state index contributed by atoms with van der Waals surface area (Å²) in [6.45, 7) is 4.43. The van der Waals surface area contributed by atoms with Crippen LogP contribution in [0.1, 0.15) is 123 Å². The van der Waals surface area contributed by atoms with Crippen LogP contribution in [-0.4, -0.2) is 35.1 Å². The molecule has 0 saturated heterocycles. The summed E-state index contributed by atoms with van der Waals surface area (Å²) in [5, 5.41) is 24.6. The number of hydroxylamine groups is 3. The smallest absolute Gasteiger partial charge is 0.116 e. The van der Waals surface area contributed by atoms with E-state index in [1.807, 2.05) is 14.1 Å². The van der Waals surface area contributed by atoms with Gasteiger partial charge in [-0.1, -0.05) is 103 Å². The van der Waals surface area contributed by atoms with E-state index in [-0.39, 0.29) is 4.65 Å². The van der Waals surface area contributed by atoms with E-state index in [9.17, 15) is 5.21 Å². The molecule has 0 aromatic rings. The van der Waals surface area contributed by atoms with Gasteiger partial charge in [-0.25, -0.2) is 5.21 Å². The standard InChI is InChI=1S/C22H48NO.NO3/c1-5-6-7-8-9-10-11-12-13-14-15-16-17-18-19-20-21-22(2)23(3,4)24;2-1(3)4/h22,24H,5-21H2,1-4H3;/q+1;-1. The lowest BCUT2D eigenvalue weighted by atomic mass is 10.0. The minimum absolute atomic E-state index is 0.110. The lowest BCUT2D eigenvalue weighted by Crippen LogP contribution is -2.43. The van der Waals surface area contributed by atoms with E-state index in [1.54, 1.807) is 0 Å². The van der Waals surface area contributed by atoms with Crippen LogP contribution in [0.25, 0.3) is 0 Å². The van der Waals surface area contributed by atoms with Gasteiger partial charge in [0.1, 0.15) is 6.04 Å². The molecule has 0 fully saturated rings. The van der Waals surface area contributed by atoms with Crippen LogP contribution < -0.4 is 0 Å². The zero-order valence-corrected chi connectivity index (χ0v) is 19.2. The molecule has 28 heavy (non-hydrogen) atoms. The summed E-state index contributed by atoms with van der Waals surface area (Å²) in [6.07, 6.45) is 23.8. The predicted octanol–water partition coefficient (Wildman–Crippen LogP) is 7.25. The van der Waals surface area contributed by atoms with Crippen molar-refractivity contribution in [1.29, 1.82) is 0 Å². The first-order chi connectivity index (χ1) is 13.2. The highest BCUT2D eigenvalue weighted by Crippen LogP contribution is 2.15. The SMILES string of the molecule is CCCCCCCCCCCCCCCCCCC(C)[N+](C)(C)O.O=[N+]([O-])[O-]. The third-order valence-corrected chi connectivity index (χ3v) is 5.55. The van der Waals surface area contributed by atoms with Crippen LogP contribution in [-0.2, 0) is 0 Å². The van der Waals surface area contributed by atoms with Gasteiger partial charge in [0.2, 0.25) is 0 Å². The van der Waals surface area contributed by atoms with Crippen LogP contribution in [0.2, 0.25) is 0 Å². The normalized spacial score (nSPS) is 12.3. The van der Waals surface area contributed by atoms with Crippen molar-refractivity contribution in [2.45, 2.75) is 129 Å². The van der Waals surface area contributed by atoms with E-state index < -0.39 is 5.09 Å². The maximum Gasteiger partial charge on any atom is 0.116 e. The van der Waals surface area contributed by atoms with Gasteiger partial charge in [0, 0.05) is 6.42 Å². The van der Waals surface area contributed by atoms with Gasteiger partial charge in [-0.2, -0.15) is 4.65 Å². The molecular weight excluding hydrogens is 356 g/mol. The first-order valence-corrected chi connectivity index (χ1v) is 11.6. The Morgan fingerprint density at radius 3 is 1.21 bits per heavy atom. The number of hydrogen-bond acceptors (Lipinski definition) is 4. The molecule has 0 aliphatic rings. The van der Waals surface area contributed by atoms with Gasteiger partial charge < -0.3 is 15.3 Å². The van der Waals surface area contributed by atoms with E-state index in [0.29, 0.717) is 6.04 Å². The summed E-state index contributed by atoms with van der Waals surface area (Å²) in [7, 11) is 3.74. The fourth-order valence-corrected chi connectivity index (χ4v) is 3.30. The molecule has 0 amide bonds. The second-order valence-electron chi connectivity index (χ2n) is 8.64. The number of nitrogens with zero attached hydrogens (tertiary/aromatic N) is 2. The van der Waals surface area contributed by atoms with Crippen molar-refractivity contribution in [3.8, 4) is 0 Å². The largest absolute Gasteiger partial charge is 0.356 e. The Hall–Kier alpha value is -0.880. The summed E-state index contributed by atoms with van der Waals surface area (Å²) >= 11 is 0. The Kier molecular flexibility index (Phi) is 21.8. The monoisotopic (exact) mass is 404 g/mol. The summed E-state index contributed by atoms with van der Waals surface area (Å²) in [4.78, 5) is 8.25. The van der Waals surface area contributed by atoms with Crippen molar-refractivity contribution in [1.82, 2.24) is 0 Å². The number of hydrogen-bond donors (Lipinski definition) is 1. The molecule has 0 spiro atoms. The van der Waals surface area contributed by atoms with Crippen LogP contribution >= 0.6 is 0 Å². The molecule has 0 bridgehead atoms. The highest BCUT2D eigenvalue weighted by atomic mass is 16.9. The zero-order valence-electron chi connectivity index (χ0n) is 19.2. The van der Waals surface area contributed by atoms with Gasteiger partial charge in [-0.05, 0) is 13.3 Å². The Morgan fingerprint density at radius 1 is 0.714 bits per heavy atom. The highest BCUT2D eigenvalue weighted by Gasteiger charge is 2.20. The molecule has 0 aliphatic heterocycles. The van der Waals surface area contributed by atoms with Crippen LogP contribution in [0.3, 0.4) is 0 Å². The van der Waals surface area contributed by atoms with Crippen LogP contribution in [0.4, 0.5) is 0 Å². The molecule has 1 unspecified atom stereocenters. The van der Waals surface area contributed by atoms with Crippen molar-refractivity contribution in [3.63, 3.8) is 0 Å². The lowest BCUT2D eigenvalue weighted by molar-refractivity contribution is -1.09. The quantitative estimate of drug-likeness (QED) is 0.113. The maximum absolute atomic E-state index is 9.85. The van der Waals surface area contributed by atoms with Crippen molar-refractivity contribution >= 4 is 0 Å². The topological polar surface area (TPSA) is 86.4 Å². The maximum atomic E-state index is 9.85. The Morgan fingerprint density at radius 2 is 0.964 bits per heavy atom. The summed E-state index contributed by atoms with van der Waals surface area (Å²) in [5.41, 5.74) is 0. The molecule has 0 aliphatic carbocycles. The van der Waals surface area contributed by atoms with Gasteiger partial charge in [-0.3, -0.25) is 0 Å². The molecule has 0 rings (SSSR count). The Balaban J connectivity index is 0. The first-order valence-electron chi connectivity index (χ1n) is 11.6. The third-order valence-electron chi connectivity index (χ3n) is 5.55. The predicted molar refractivity (Wildman–Crippen MR) is 118 cm³/mol. The number of unbranched alkanes of at least 4 members (excludes halogenated alkanes) is 15. The summed E-state index contributed by atoms with van der Waals surface area (Å²) in [5.74, 6) is 0. The van der Waals surface area contributed by atoms with Gasteiger partial charge in [-0.15, -0.1) is 0 Å². The van der Waals surface area contributed by atoms with Crippen molar-refractivity contribution < 1.29 is 14.9 Å². The van der Waals surface area contributed by atoms with E-state index in [4.69, 9.17) is 15.3 Å². The lowest BCUT2D eigenvalue weighted by Gasteiger charge is -2.27. The van der Waals surface area contributed by atoms with E-state index >= 15 is 0 Å². The Labute approximate surface area is 174 Å². The van der Waals surface area contributed by atoms with Gasteiger partial charge in [0.25, 0.3) is 0 Å². The van der Waals surface area contributed by atoms with Crippen LogP contribution in [0.5, 0.6) is 0 Å².